The van der Waals surface area contributed by atoms with Crippen molar-refractivity contribution < 1.29 is 35.5 Å². The lowest BCUT2D eigenvalue weighted by Crippen LogP contribution is -2.48. The van der Waals surface area contributed by atoms with Gasteiger partial charge in [0.15, 0.2) is 6.17 Å². The minimum absolute atomic E-state index is 0.202. The second-order valence-electron chi connectivity index (χ2n) is 4.67. The van der Waals surface area contributed by atoms with Gasteiger partial charge in [0.2, 0.25) is 11.5 Å². The molecule has 0 radical (unpaired) electrons. The van der Waals surface area contributed by atoms with E-state index in [0.29, 0.717) is 11.8 Å². The molecule has 0 N–H and O–H groups in total. The van der Waals surface area contributed by atoms with E-state index in [1.807, 2.05) is 0 Å². The number of thioether (sulfide) groups is 1. The van der Waals surface area contributed by atoms with Gasteiger partial charge < -0.3 is 0 Å². The second kappa shape index (κ2) is 8.03. The fourth-order valence-corrected chi connectivity index (χ4v) is 2.48. The van der Waals surface area contributed by atoms with Crippen LogP contribution in [0.5, 0.6) is 0 Å². The zero-order valence-corrected chi connectivity index (χ0v) is 12.4. The summed E-state index contributed by atoms with van der Waals surface area (Å²) >= 11 is 0.375. The van der Waals surface area contributed by atoms with Crippen LogP contribution in [-0.2, 0) is 0 Å². The molecule has 23 heavy (non-hydrogen) atoms. The Balaban J connectivity index is 2.59. The van der Waals surface area contributed by atoms with E-state index in [1.165, 1.54) is 24.3 Å². The van der Waals surface area contributed by atoms with Crippen molar-refractivity contribution in [2.75, 3.05) is 5.75 Å². The first kappa shape index (κ1) is 19.8. The Kier molecular flexibility index (Phi) is 6.91. The van der Waals surface area contributed by atoms with Gasteiger partial charge in [-0.3, -0.25) is 4.79 Å². The number of hydrogen-bond acceptors (Lipinski definition) is 2. The van der Waals surface area contributed by atoms with E-state index in [2.05, 4.69) is 0 Å². The van der Waals surface area contributed by atoms with Crippen molar-refractivity contribution in [3.05, 3.63) is 35.9 Å². The zero-order chi connectivity index (χ0) is 17.7. The van der Waals surface area contributed by atoms with Crippen LogP contribution in [-0.4, -0.2) is 35.3 Å². The van der Waals surface area contributed by atoms with Crippen LogP contribution in [0.4, 0.5) is 30.7 Å². The maximum atomic E-state index is 13.4. The quantitative estimate of drug-likeness (QED) is 0.590. The highest BCUT2D eigenvalue weighted by Crippen LogP contribution is 2.43. The van der Waals surface area contributed by atoms with Crippen molar-refractivity contribution in [2.45, 2.75) is 37.3 Å². The van der Waals surface area contributed by atoms with Crippen LogP contribution in [0.3, 0.4) is 0 Å². The highest BCUT2D eigenvalue weighted by atomic mass is 32.2. The molecule has 0 aliphatic heterocycles. The number of benzene rings is 1. The van der Waals surface area contributed by atoms with E-state index in [9.17, 15) is 35.5 Å². The zero-order valence-electron chi connectivity index (χ0n) is 11.6. The summed E-state index contributed by atoms with van der Waals surface area (Å²) in [4.78, 5) is 11.6. The van der Waals surface area contributed by atoms with Gasteiger partial charge in [-0.2, -0.15) is 17.6 Å². The van der Waals surface area contributed by atoms with Gasteiger partial charge in [0.05, 0.1) is 0 Å². The van der Waals surface area contributed by atoms with Crippen LogP contribution in [0.15, 0.2) is 30.3 Å². The lowest BCUT2D eigenvalue weighted by atomic mass is 10.0. The highest BCUT2D eigenvalue weighted by molar-refractivity contribution is 8.14. The summed E-state index contributed by atoms with van der Waals surface area (Å²) in [5, 5.41) is -0.603. The molecule has 1 rings (SSSR count). The molecule has 0 aromatic heterocycles. The first-order chi connectivity index (χ1) is 10.6. The summed E-state index contributed by atoms with van der Waals surface area (Å²) in [5.41, 5.74) is 0.202. The molecule has 0 amide bonds. The number of alkyl halides is 7. The Hall–Kier alpha value is -1.25. The summed E-state index contributed by atoms with van der Waals surface area (Å²) in [5.74, 6) is -10.7. The maximum Gasteiger partial charge on any atom is 0.340 e. The van der Waals surface area contributed by atoms with E-state index in [-0.39, 0.29) is 5.56 Å². The summed E-state index contributed by atoms with van der Waals surface area (Å²) in [6.07, 6.45) is -10.6. The molecule has 1 atom stereocenters. The van der Waals surface area contributed by atoms with E-state index < -0.39 is 48.2 Å². The van der Waals surface area contributed by atoms with Crippen LogP contribution < -0.4 is 0 Å². The SMILES string of the molecule is O=C(SCCC(F)(F)C(F)(F)C(F)CC(F)F)c1ccccc1. The van der Waals surface area contributed by atoms with Crippen LogP contribution in [0.1, 0.15) is 23.2 Å². The van der Waals surface area contributed by atoms with Gasteiger partial charge in [-0.1, -0.05) is 42.1 Å². The number of rotatable bonds is 8. The van der Waals surface area contributed by atoms with E-state index >= 15 is 0 Å². The van der Waals surface area contributed by atoms with Crippen molar-refractivity contribution in [3.8, 4) is 0 Å². The van der Waals surface area contributed by atoms with Crippen molar-refractivity contribution in [1.82, 2.24) is 0 Å². The second-order valence-corrected chi connectivity index (χ2v) is 5.74. The van der Waals surface area contributed by atoms with Crippen LogP contribution in [0, 0.1) is 0 Å². The molecule has 0 heterocycles. The Labute approximate surface area is 132 Å². The minimum Gasteiger partial charge on any atom is -0.282 e. The number of hydrogen-bond donors (Lipinski definition) is 0. The van der Waals surface area contributed by atoms with Gasteiger partial charge in [-0.25, -0.2) is 13.2 Å². The molecule has 0 aliphatic rings. The largest absolute Gasteiger partial charge is 0.340 e. The maximum absolute atomic E-state index is 13.4. The minimum atomic E-state index is -5.22. The summed E-state index contributed by atoms with van der Waals surface area (Å²) < 4.78 is 90.1. The molecule has 0 saturated carbocycles. The summed E-state index contributed by atoms with van der Waals surface area (Å²) in [6.45, 7) is 0. The first-order valence-electron chi connectivity index (χ1n) is 6.48. The van der Waals surface area contributed by atoms with E-state index in [0.717, 1.165) is 0 Å². The molecule has 130 valence electrons. The lowest BCUT2D eigenvalue weighted by Gasteiger charge is -2.28. The normalized spacial score (nSPS) is 14.1. The third kappa shape index (κ3) is 5.40. The molecule has 1 aromatic rings. The van der Waals surface area contributed by atoms with Gasteiger partial charge in [0.1, 0.15) is 0 Å². The lowest BCUT2D eigenvalue weighted by molar-refractivity contribution is -0.243. The molecule has 0 saturated heterocycles. The molecular formula is C14H13F7OS. The molecule has 0 spiro atoms. The summed E-state index contributed by atoms with van der Waals surface area (Å²) in [6, 6.07) is 7.54. The van der Waals surface area contributed by atoms with Gasteiger partial charge >= 0.3 is 11.8 Å². The molecular weight excluding hydrogens is 349 g/mol. The Bertz CT molecular complexity index is 507. The number of carbonyl (C=O) groups excluding carboxylic acids is 1. The van der Waals surface area contributed by atoms with Crippen molar-refractivity contribution in [3.63, 3.8) is 0 Å². The third-order valence-corrected chi connectivity index (χ3v) is 3.83. The molecule has 9 heteroatoms. The predicted octanol–water partition coefficient (Wildman–Crippen LogP) is 5.21. The highest BCUT2D eigenvalue weighted by Gasteiger charge is 2.61. The smallest absolute Gasteiger partial charge is 0.282 e. The Morgan fingerprint density at radius 1 is 1.04 bits per heavy atom. The third-order valence-electron chi connectivity index (χ3n) is 2.92. The van der Waals surface area contributed by atoms with Gasteiger partial charge in [-0.05, 0) is 0 Å². The molecule has 1 aromatic carbocycles. The number of halogens is 7. The van der Waals surface area contributed by atoms with Crippen LogP contribution >= 0.6 is 11.8 Å². The van der Waals surface area contributed by atoms with Crippen molar-refractivity contribution in [1.29, 1.82) is 0 Å². The van der Waals surface area contributed by atoms with Crippen LogP contribution in [0.25, 0.3) is 0 Å². The van der Waals surface area contributed by atoms with Gasteiger partial charge in [0, 0.05) is 24.2 Å². The van der Waals surface area contributed by atoms with E-state index in [4.69, 9.17) is 0 Å². The summed E-state index contributed by atoms with van der Waals surface area (Å²) in [7, 11) is 0. The van der Waals surface area contributed by atoms with Gasteiger partial charge in [-0.15, -0.1) is 0 Å². The number of carbonyl (C=O) groups is 1. The molecule has 1 unspecified atom stereocenters. The molecule has 0 aliphatic carbocycles. The van der Waals surface area contributed by atoms with Gasteiger partial charge in [0.25, 0.3) is 0 Å². The van der Waals surface area contributed by atoms with Crippen LogP contribution in [0.2, 0.25) is 0 Å². The molecule has 0 bridgehead atoms. The Morgan fingerprint density at radius 2 is 1.61 bits per heavy atom. The average Bonchev–Trinajstić information content (AvgIpc) is 2.46. The fraction of sp³-hybridized carbons (Fsp3) is 0.500. The first-order valence-corrected chi connectivity index (χ1v) is 7.46. The van der Waals surface area contributed by atoms with Crippen molar-refractivity contribution in [2.24, 2.45) is 0 Å². The average molecular weight is 362 g/mol. The van der Waals surface area contributed by atoms with E-state index in [1.54, 1.807) is 6.07 Å². The molecule has 1 nitrogen and oxygen atoms in total. The standard InChI is InChI=1S/C14H13F7OS/c15-10(8-11(16)17)14(20,21)13(18,19)6-7-23-12(22)9-4-2-1-3-5-9/h1-5,10-11H,6-8H2. The predicted molar refractivity (Wildman–Crippen MR) is 73.3 cm³/mol. The Morgan fingerprint density at radius 3 is 2.13 bits per heavy atom. The monoisotopic (exact) mass is 362 g/mol. The fourth-order valence-electron chi connectivity index (χ4n) is 1.63. The topological polar surface area (TPSA) is 17.1 Å². The van der Waals surface area contributed by atoms with Crippen molar-refractivity contribution >= 4 is 16.9 Å². The molecule has 0 fully saturated rings.